The summed E-state index contributed by atoms with van der Waals surface area (Å²) in [5.74, 6) is -0.325. The number of methoxy groups -OCH3 is 1. The molecule has 0 atom stereocenters. The van der Waals surface area contributed by atoms with E-state index in [2.05, 4.69) is 17.2 Å². The van der Waals surface area contributed by atoms with E-state index in [-0.39, 0.29) is 5.97 Å². The van der Waals surface area contributed by atoms with Gasteiger partial charge in [-0.3, -0.25) is 4.68 Å². The molecule has 0 aliphatic carbocycles. The fourth-order valence-electron chi connectivity index (χ4n) is 2.39. The van der Waals surface area contributed by atoms with E-state index in [4.69, 9.17) is 4.74 Å². The Morgan fingerprint density at radius 2 is 2.00 bits per heavy atom. The number of hydrogen-bond acceptors (Lipinski definition) is 3. The summed E-state index contributed by atoms with van der Waals surface area (Å²) in [5.41, 5.74) is 2.86. The van der Waals surface area contributed by atoms with Gasteiger partial charge >= 0.3 is 5.97 Å². The fourth-order valence-corrected chi connectivity index (χ4v) is 2.39. The van der Waals surface area contributed by atoms with Crippen molar-refractivity contribution in [3.05, 3.63) is 65.9 Å². The molecule has 0 bridgehead atoms. The van der Waals surface area contributed by atoms with Crippen molar-refractivity contribution >= 4 is 16.9 Å². The number of rotatable bonds is 4. The Balaban J connectivity index is 1.82. The Morgan fingerprint density at radius 1 is 1.19 bits per heavy atom. The molecule has 0 aliphatic heterocycles. The van der Waals surface area contributed by atoms with Gasteiger partial charge in [0.2, 0.25) is 0 Å². The van der Waals surface area contributed by atoms with E-state index in [0.29, 0.717) is 5.56 Å². The highest BCUT2D eigenvalue weighted by Crippen LogP contribution is 2.17. The van der Waals surface area contributed by atoms with E-state index in [1.54, 1.807) is 12.3 Å². The van der Waals surface area contributed by atoms with E-state index in [9.17, 15) is 4.79 Å². The summed E-state index contributed by atoms with van der Waals surface area (Å²) < 4.78 is 6.69. The lowest BCUT2D eigenvalue weighted by Crippen LogP contribution is -2.03. The van der Waals surface area contributed by atoms with Crippen molar-refractivity contribution in [2.75, 3.05) is 7.11 Å². The lowest BCUT2D eigenvalue weighted by molar-refractivity contribution is 0.0601. The third-order valence-corrected chi connectivity index (χ3v) is 3.52. The molecule has 1 heterocycles. The van der Waals surface area contributed by atoms with Gasteiger partial charge in [-0.25, -0.2) is 4.79 Å². The van der Waals surface area contributed by atoms with Crippen molar-refractivity contribution in [1.82, 2.24) is 9.78 Å². The van der Waals surface area contributed by atoms with Crippen LogP contribution in [0.2, 0.25) is 0 Å². The number of nitrogens with zero attached hydrogens (tertiary/aromatic N) is 2. The second-order valence-electron chi connectivity index (χ2n) is 4.87. The summed E-state index contributed by atoms with van der Waals surface area (Å²) in [7, 11) is 1.38. The molecule has 2 aromatic carbocycles. The first kappa shape index (κ1) is 13.4. The molecule has 1 aromatic heterocycles. The topological polar surface area (TPSA) is 44.1 Å². The van der Waals surface area contributed by atoms with Crippen LogP contribution in [-0.4, -0.2) is 22.9 Å². The van der Waals surface area contributed by atoms with Gasteiger partial charge in [0.25, 0.3) is 0 Å². The Bertz CT molecular complexity index is 763. The maximum absolute atomic E-state index is 11.5. The van der Waals surface area contributed by atoms with Crippen LogP contribution in [0, 0.1) is 0 Å². The van der Waals surface area contributed by atoms with Gasteiger partial charge in [-0.2, -0.15) is 5.10 Å². The third kappa shape index (κ3) is 2.79. The van der Waals surface area contributed by atoms with Crippen molar-refractivity contribution < 1.29 is 9.53 Å². The first-order chi connectivity index (χ1) is 10.3. The molecule has 0 unspecified atom stereocenters. The van der Waals surface area contributed by atoms with E-state index >= 15 is 0 Å². The van der Waals surface area contributed by atoms with Gasteiger partial charge in [0.1, 0.15) is 0 Å². The minimum absolute atomic E-state index is 0.325. The molecule has 0 radical (unpaired) electrons. The Hall–Kier alpha value is -2.62. The molecule has 0 N–H and O–H groups in total. The zero-order chi connectivity index (χ0) is 14.7. The molecule has 4 heteroatoms. The van der Waals surface area contributed by atoms with Crippen LogP contribution in [0.4, 0.5) is 0 Å². The summed E-state index contributed by atoms with van der Waals surface area (Å²) in [5, 5.41) is 5.35. The van der Waals surface area contributed by atoms with Crippen LogP contribution in [0.3, 0.4) is 0 Å². The van der Waals surface area contributed by atoms with Crippen LogP contribution in [0.1, 0.15) is 15.9 Å². The number of benzene rings is 2. The summed E-state index contributed by atoms with van der Waals surface area (Å²) in [6.07, 6.45) is 2.71. The number of carbonyl (C=O) groups is 1. The van der Waals surface area contributed by atoms with Crippen LogP contribution in [0.5, 0.6) is 0 Å². The van der Waals surface area contributed by atoms with Crippen molar-refractivity contribution in [3.8, 4) is 0 Å². The van der Waals surface area contributed by atoms with Gasteiger partial charge < -0.3 is 4.74 Å². The molecule has 0 amide bonds. The molecular formula is C17H16N2O2. The minimum Gasteiger partial charge on any atom is -0.465 e. The largest absolute Gasteiger partial charge is 0.465 e. The Labute approximate surface area is 123 Å². The maximum Gasteiger partial charge on any atom is 0.337 e. The fraction of sp³-hybridized carbons (Fsp3) is 0.176. The van der Waals surface area contributed by atoms with Gasteiger partial charge in [0, 0.05) is 11.9 Å². The number of carbonyl (C=O) groups excluding carboxylic acids is 1. The average Bonchev–Trinajstić information content (AvgIpc) is 2.95. The number of ether oxygens (including phenoxy) is 1. The number of fused-ring (bicyclic) bond motifs is 1. The Morgan fingerprint density at radius 3 is 2.76 bits per heavy atom. The highest BCUT2D eigenvalue weighted by molar-refractivity contribution is 5.94. The molecule has 0 fully saturated rings. The molecule has 0 saturated carbocycles. The molecule has 0 saturated heterocycles. The molecule has 3 rings (SSSR count). The molecule has 0 spiro atoms. The summed E-state index contributed by atoms with van der Waals surface area (Å²) in [6.45, 7) is 0.811. The van der Waals surface area contributed by atoms with Crippen molar-refractivity contribution in [1.29, 1.82) is 0 Å². The summed E-state index contributed by atoms with van der Waals surface area (Å²) >= 11 is 0. The maximum atomic E-state index is 11.5. The van der Waals surface area contributed by atoms with Crippen molar-refractivity contribution in [3.63, 3.8) is 0 Å². The van der Waals surface area contributed by atoms with Crippen LogP contribution >= 0.6 is 0 Å². The molecule has 0 aliphatic rings. The quantitative estimate of drug-likeness (QED) is 0.690. The standard InChI is InChI=1S/C17H16N2O2/c1-21-17(20)14-7-8-16-15(11-14)12-18-19(16)10-9-13-5-3-2-4-6-13/h2-8,11-12H,9-10H2,1H3. The predicted octanol–water partition coefficient (Wildman–Crippen LogP) is 3.07. The summed E-state index contributed by atoms with van der Waals surface area (Å²) in [6, 6.07) is 15.8. The highest BCUT2D eigenvalue weighted by atomic mass is 16.5. The SMILES string of the molecule is COC(=O)c1ccc2c(cnn2CCc2ccccc2)c1. The zero-order valence-corrected chi connectivity index (χ0v) is 11.8. The van der Waals surface area contributed by atoms with E-state index in [0.717, 1.165) is 23.9 Å². The first-order valence-corrected chi connectivity index (χ1v) is 6.86. The van der Waals surface area contributed by atoms with Gasteiger partial charge in [0.05, 0.1) is 24.4 Å². The van der Waals surface area contributed by atoms with Gasteiger partial charge in [0.15, 0.2) is 0 Å². The molecule has 3 aromatic rings. The monoisotopic (exact) mass is 280 g/mol. The van der Waals surface area contributed by atoms with E-state index in [1.165, 1.54) is 12.7 Å². The number of hydrogen-bond donors (Lipinski definition) is 0. The van der Waals surface area contributed by atoms with Crippen LogP contribution in [0.15, 0.2) is 54.7 Å². The normalized spacial score (nSPS) is 10.7. The van der Waals surface area contributed by atoms with Gasteiger partial charge in [-0.05, 0) is 30.2 Å². The number of esters is 1. The van der Waals surface area contributed by atoms with Gasteiger partial charge in [-0.1, -0.05) is 30.3 Å². The molecular weight excluding hydrogens is 264 g/mol. The lowest BCUT2D eigenvalue weighted by atomic mass is 10.1. The summed E-state index contributed by atoms with van der Waals surface area (Å²) in [4.78, 5) is 11.5. The Kier molecular flexibility index (Phi) is 3.69. The van der Waals surface area contributed by atoms with Crippen molar-refractivity contribution in [2.45, 2.75) is 13.0 Å². The van der Waals surface area contributed by atoms with Gasteiger partial charge in [-0.15, -0.1) is 0 Å². The van der Waals surface area contributed by atoms with Crippen LogP contribution in [-0.2, 0) is 17.7 Å². The second-order valence-corrected chi connectivity index (χ2v) is 4.87. The number of aromatic nitrogens is 2. The van der Waals surface area contributed by atoms with E-state index < -0.39 is 0 Å². The zero-order valence-electron chi connectivity index (χ0n) is 11.8. The first-order valence-electron chi connectivity index (χ1n) is 6.86. The van der Waals surface area contributed by atoms with Crippen molar-refractivity contribution in [2.24, 2.45) is 0 Å². The number of aryl methyl sites for hydroxylation is 2. The second kappa shape index (κ2) is 5.79. The smallest absolute Gasteiger partial charge is 0.337 e. The van der Waals surface area contributed by atoms with E-state index in [1.807, 2.05) is 35.0 Å². The molecule has 4 nitrogen and oxygen atoms in total. The molecule has 106 valence electrons. The van der Waals surface area contributed by atoms with Crippen LogP contribution in [0.25, 0.3) is 10.9 Å². The highest BCUT2D eigenvalue weighted by Gasteiger charge is 2.09. The van der Waals surface area contributed by atoms with Crippen LogP contribution < -0.4 is 0 Å². The molecule has 21 heavy (non-hydrogen) atoms. The average molecular weight is 280 g/mol. The third-order valence-electron chi connectivity index (χ3n) is 3.52. The minimum atomic E-state index is -0.325. The lowest BCUT2D eigenvalue weighted by Gasteiger charge is -2.04. The predicted molar refractivity (Wildman–Crippen MR) is 81.2 cm³/mol.